The first-order chi connectivity index (χ1) is 5.45. The first kappa shape index (κ1) is 11.4. The van der Waals surface area contributed by atoms with E-state index in [0.717, 1.165) is 6.42 Å². The third-order valence-corrected chi connectivity index (χ3v) is 1.95. The van der Waals surface area contributed by atoms with Gasteiger partial charge in [-0.2, -0.15) is 0 Å². The van der Waals surface area contributed by atoms with E-state index in [4.69, 9.17) is 10.2 Å². The van der Waals surface area contributed by atoms with Crippen molar-refractivity contribution in [1.82, 2.24) is 0 Å². The Kier molecular flexibility index (Phi) is 4.90. The molecule has 0 rings (SSSR count). The summed E-state index contributed by atoms with van der Waals surface area (Å²) in [4.78, 5) is 10.6. The van der Waals surface area contributed by atoms with Gasteiger partial charge in [-0.15, -0.1) is 0 Å². The standard InChI is InChI=1S/C9H18O3/c1-6(2)4-5-8(7(3)10)9(11)12/h6-8,10H,4-5H2,1-3H3,(H,11,12). The van der Waals surface area contributed by atoms with E-state index in [1.165, 1.54) is 6.92 Å². The molecule has 0 aromatic carbocycles. The van der Waals surface area contributed by atoms with Crippen molar-refractivity contribution in [2.24, 2.45) is 11.8 Å². The van der Waals surface area contributed by atoms with E-state index >= 15 is 0 Å². The molecule has 0 fully saturated rings. The van der Waals surface area contributed by atoms with E-state index in [9.17, 15) is 4.79 Å². The van der Waals surface area contributed by atoms with Gasteiger partial charge in [-0.1, -0.05) is 20.3 Å². The molecule has 0 heterocycles. The van der Waals surface area contributed by atoms with Gasteiger partial charge in [-0.05, 0) is 19.3 Å². The van der Waals surface area contributed by atoms with Crippen molar-refractivity contribution in [2.75, 3.05) is 0 Å². The Morgan fingerprint density at radius 1 is 1.25 bits per heavy atom. The Bertz CT molecular complexity index is 141. The van der Waals surface area contributed by atoms with E-state index in [0.29, 0.717) is 12.3 Å². The van der Waals surface area contributed by atoms with Gasteiger partial charge >= 0.3 is 5.97 Å². The molecule has 0 aromatic rings. The molecule has 2 N–H and O–H groups in total. The fourth-order valence-electron chi connectivity index (χ4n) is 1.08. The number of carboxylic acid groups (broad SMARTS) is 1. The number of hydrogen-bond acceptors (Lipinski definition) is 2. The minimum atomic E-state index is -0.898. The molecule has 0 aromatic heterocycles. The topological polar surface area (TPSA) is 57.5 Å². The van der Waals surface area contributed by atoms with E-state index in [1.54, 1.807) is 0 Å². The maximum absolute atomic E-state index is 10.6. The van der Waals surface area contributed by atoms with Crippen LogP contribution in [0.15, 0.2) is 0 Å². The van der Waals surface area contributed by atoms with Crippen LogP contribution in [0.2, 0.25) is 0 Å². The molecule has 72 valence electrons. The van der Waals surface area contributed by atoms with E-state index in [2.05, 4.69) is 0 Å². The van der Waals surface area contributed by atoms with Crippen LogP contribution in [0.1, 0.15) is 33.6 Å². The van der Waals surface area contributed by atoms with Crippen molar-refractivity contribution in [2.45, 2.75) is 39.7 Å². The second-order valence-corrected chi connectivity index (χ2v) is 3.66. The van der Waals surface area contributed by atoms with E-state index in [-0.39, 0.29) is 0 Å². The van der Waals surface area contributed by atoms with Crippen molar-refractivity contribution < 1.29 is 15.0 Å². The SMILES string of the molecule is CC(C)CCC(C(=O)O)C(C)O. The van der Waals surface area contributed by atoms with Crippen molar-refractivity contribution in [3.63, 3.8) is 0 Å². The zero-order chi connectivity index (χ0) is 9.72. The highest BCUT2D eigenvalue weighted by atomic mass is 16.4. The summed E-state index contributed by atoms with van der Waals surface area (Å²) in [5, 5.41) is 17.8. The summed E-state index contributed by atoms with van der Waals surface area (Å²) in [5.41, 5.74) is 0. The number of aliphatic hydroxyl groups is 1. The molecule has 2 atom stereocenters. The lowest BCUT2D eigenvalue weighted by molar-refractivity contribution is -0.145. The first-order valence-corrected chi connectivity index (χ1v) is 4.36. The second kappa shape index (κ2) is 5.14. The molecule has 2 unspecified atom stereocenters. The molecule has 3 nitrogen and oxygen atoms in total. The van der Waals surface area contributed by atoms with Crippen molar-refractivity contribution in [3.05, 3.63) is 0 Å². The first-order valence-electron chi connectivity index (χ1n) is 4.36. The second-order valence-electron chi connectivity index (χ2n) is 3.66. The molecular weight excluding hydrogens is 156 g/mol. The molecule has 3 heteroatoms. The number of carbonyl (C=O) groups is 1. The van der Waals surface area contributed by atoms with Crippen LogP contribution in [0.4, 0.5) is 0 Å². The van der Waals surface area contributed by atoms with Crippen LogP contribution < -0.4 is 0 Å². The summed E-state index contributed by atoms with van der Waals surface area (Å²) in [6, 6.07) is 0. The number of aliphatic carboxylic acids is 1. The number of rotatable bonds is 5. The molecule has 0 saturated heterocycles. The highest BCUT2D eigenvalue weighted by Crippen LogP contribution is 2.15. The summed E-state index contributed by atoms with van der Waals surface area (Å²) < 4.78 is 0. The monoisotopic (exact) mass is 174 g/mol. The van der Waals surface area contributed by atoms with E-state index in [1.807, 2.05) is 13.8 Å². The highest BCUT2D eigenvalue weighted by Gasteiger charge is 2.22. The lowest BCUT2D eigenvalue weighted by Gasteiger charge is -2.15. The lowest BCUT2D eigenvalue weighted by atomic mass is 9.94. The van der Waals surface area contributed by atoms with Crippen LogP contribution in [0.25, 0.3) is 0 Å². The smallest absolute Gasteiger partial charge is 0.309 e. The molecular formula is C9H18O3. The van der Waals surface area contributed by atoms with Crippen molar-refractivity contribution in [1.29, 1.82) is 0 Å². The van der Waals surface area contributed by atoms with Crippen molar-refractivity contribution in [3.8, 4) is 0 Å². The molecule has 0 radical (unpaired) electrons. The van der Waals surface area contributed by atoms with Gasteiger partial charge in [0.1, 0.15) is 0 Å². The van der Waals surface area contributed by atoms with Crippen molar-refractivity contribution >= 4 is 5.97 Å². The number of carboxylic acids is 1. The predicted octanol–water partition coefficient (Wildman–Crippen LogP) is 1.50. The van der Waals surface area contributed by atoms with E-state index < -0.39 is 18.0 Å². The fraction of sp³-hybridized carbons (Fsp3) is 0.889. The average Bonchev–Trinajstić information content (AvgIpc) is 1.84. The molecule has 0 bridgehead atoms. The van der Waals surface area contributed by atoms with Crippen LogP contribution >= 0.6 is 0 Å². The minimum Gasteiger partial charge on any atom is -0.481 e. The summed E-state index contributed by atoms with van der Waals surface area (Å²) >= 11 is 0. The van der Waals surface area contributed by atoms with Crippen LogP contribution in [0.3, 0.4) is 0 Å². The van der Waals surface area contributed by atoms with Crippen LogP contribution in [0, 0.1) is 11.8 Å². The molecule has 0 aliphatic heterocycles. The van der Waals surface area contributed by atoms with Gasteiger partial charge in [0, 0.05) is 0 Å². The molecule has 0 amide bonds. The van der Waals surface area contributed by atoms with Gasteiger partial charge in [-0.3, -0.25) is 4.79 Å². The third kappa shape index (κ3) is 4.34. The maximum Gasteiger partial charge on any atom is 0.309 e. The molecule has 0 aliphatic carbocycles. The maximum atomic E-state index is 10.6. The van der Waals surface area contributed by atoms with Gasteiger partial charge in [0.15, 0.2) is 0 Å². The zero-order valence-electron chi connectivity index (χ0n) is 7.95. The minimum absolute atomic E-state index is 0.491. The Morgan fingerprint density at radius 2 is 1.75 bits per heavy atom. The Balaban J connectivity index is 3.88. The summed E-state index contributed by atoms with van der Waals surface area (Å²) in [6.07, 6.45) is 0.660. The third-order valence-electron chi connectivity index (χ3n) is 1.95. The molecule has 0 spiro atoms. The average molecular weight is 174 g/mol. The van der Waals surface area contributed by atoms with Gasteiger partial charge in [0.2, 0.25) is 0 Å². The van der Waals surface area contributed by atoms with Gasteiger partial charge in [-0.25, -0.2) is 0 Å². The molecule has 12 heavy (non-hydrogen) atoms. The Morgan fingerprint density at radius 3 is 2.00 bits per heavy atom. The Labute approximate surface area is 73.4 Å². The zero-order valence-corrected chi connectivity index (χ0v) is 7.95. The molecule has 0 saturated carbocycles. The van der Waals surface area contributed by atoms with Crippen LogP contribution in [0.5, 0.6) is 0 Å². The van der Waals surface area contributed by atoms with Gasteiger partial charge in [0.05, 0.1) is 12.0 Å². The Hall–Kier alpha value is -0.570. The lowest BCUT2D eigenvalue weighted by Crippen LogP contribution is -2.25. The van der Waals surface area contributed by atoms with Gasteiger partial charge in [0.25, 0.3) is 0 Å². The predicted molar refractivity (Wildman–Crippen MR) is 46.9 cm³/mol. The largest absolute Gasteiger partial charge is 0.481 e. The quantitative estimate of drug-likeness (QED) is 0.664. The summed E-state index contributed by atoms with van der Waals surface area (Å²) in [6.45, 7) is 5.61. The normalized spacial score (nSPS) is 16.1. The summed E-state index contributed by atoms with van der Waals surface area (Å²) in [7, 11) is 0. The van der Waals surface area contributed by atoms with Crippen LogP contribution in [-0.4, -0.2) is 22.3 Å². The van der Waals surface area contributed by atoms with Crippen LogP contribution in [-0.2, 0) is 4.79 Å². The number of hydrogen-bond donors (Lipinski definition) is 2. The number of aliphatic hydroxyl groups excluding tert-OH is 1. The van der Waals surface area contributed by atoms with Gasteiger partial charge < -0.3 is 10.2 Å². The molecule has 0 aliphatic rings. The highest BCUT2D eigenvalue weighted by molar-refractivity contribution is 5.70. The summed E-state index contributed by atoms with van der Waals surface area (Å²) in [5.74, 6) is -1.01. The fourth-order valence-corrected chi connectivity index (χ4v) is 1.08.